The number of nitrogens with zero attached hydrogens (tertiary/aromatic N) is 2. The molecule has 16 heavy (non-hydrogen) atoms. The molecular formula is C12H17N3O. The number of pyridine rings is 1. The lowest BCUT2D eigenvalue weighted by atomic mass is 10.2. The van der Waals surface area contributed by atoms with Crippen molar-refractivity contribution in [3.8, 4) is 0 Å². The summed E-state index contributed by atoms with van der Waals surface area (Å²) in [7, 11) is 0. The zero-order valence-electron chi connectivity index (χ0n) is 9.52. The fraction of sp³-hybridized carbons (Fsp3) is 0.500. The van der Waals surface area contributed by atoms with Gasteiger partial charge in [0.1, 0.15) is 0 Å². The van der Waals surface area contributed by atoms with Crippen LogP contribution in [0.2, 0.25) is 0 Å². The number of rotatable bonds is 2. The Hall–Kier alpha value is -1.42. The molecule has 0 radical (unpaired) electrons. The molecule has 1 aromatic heterocycles. The molecule has 1 fully saturated rings. The van der Waals surface area contributed by atoms with Crippen LogP contribution in [-0.2, 0) is 6.54 Å². The third-order valence-corrected chi connectivity index (χ3v) is 2.98. The maximum absolute atomic E-state index is 12.1. The molecule has 1 aliphatic heterocycles. The highest BCUT2D eigenvalue weighted by Crippen LogP contribution is 2.17. The number of hydrogen-bond acceptors (Lipinski definition) is 3. The van der Waals surface area contributed by atoms with E-state index in [0.29, 0.717) is 18.0 Å². The Morgan fingerprint density at radius 1 is 1.69 bits per heavy atom. The van der Waals surface area contributed by atoms with Gasteiger partial charge in [-0.25, -0.2) is 0 Å². The van der Waals surface area contributed by atoms with E-state index in [1.54, 1.807) is 18.3 Å². The highest BCUT2D eigenvalue weighted by molar-refractivity contribution is 5.94. The molecule has 0 bridgehead atoms. The summed E-state index contributed by atoms with van der Waals surface area (Å²) in [5, 5.41) is 0. The number of aromatic nitrogens is 1. The van der Waals surface area contributed by atoms with Crippen molar-refractivity contribution in [2.75, 3.05) is 13.1 Å². The molecule has 2 heterocycles. The van der Waals surface area contributed by atoms with Crippen molar-refractivity contribution < 1.29 is 4.79 Å². The van der Waals surface area contributed by atoms with E-state index >= 15 is 0 Å². The Balaban J connectivity index is 2.14. The lowest BCUT2D eigenvalue weighted by Crippen LogP contribution is -2.28. The second-order valence-electron chi connectivity index (χ2n) is 4.38. The van der Waals surface area contributed by atoms with E-state index in [1.807, 2.05) is 4.90 Å². The molecule has 1 atom stereocenters. The molecule has 0 spiro atoms. The molecule has 4 heteroatoms. The first kappa shape index (κ1) is 11.1. The molecule has 1 aliphatic rings. The minimum atomic E-state index is 0.0986. The standard InChI is InChI=1S/C12H17N3O/c1-9-3-5-15(8-9)12(16)10-2-4-14-11(6-10)7-13/h2,4,6,9H,3,5,7-8,13H2,1H3. The summed E-state index contributed by atoms with van der Waals surface area (Å²) < 4.78 is 0. The third kappa shape index (κ3) is 2.22. The molecule has 1 unspecified atom stereocenters. The summed E-state index contributed by atoms with van der Waals surface area (Å²) in [6.07, 6.45) is 2.75. The van der Waals surface area contributed by atoms with Gasteiger partial charge in [0.05, 0.1) is 5.69 Å². The zero-order chi connectivity index (χ0) is 11.5. The quantitative estimate of drug-likeness (QED) is 0.808. The van der Waals surface area contributed by atoms with Gasteiger partial charge in [-0.3, -0.25) is 9.78 Å². The maximum atomic E-state index is 12.1. The number of hydrogen-bond donors (Lipinski definition) is 1. The molecule has 2 rings (SSSR count). The lowest BCUT2D eigenvalue weighted by molar-refractivity contribution is 0.0788. The molecule has 1 aromatic rings. The average Bonchev–Trinajstić information content (AvgIpc) is 2.75. The van der Waals surface area contributed by atoms with E-state index < -0.39 is 0 Å². The molecule has 0 saturated carbocycles. The van der Waals surface area contributed by atoms with Crippen LogP contribution >= 0.6 is 0 Å². The number of carbonyl (C=O) groups is 1. The summed E-state index contributed by atoms with van der Waals surface area (Å²) in [6, 6.07) is 3.54. The highest BCUT2D eigenvalue weighted by atomic mass is 16.2. The average molecular weight is 219 g/mol. The summed E-state index contributed by atoms with van der Waals surface area (Å²) in [5.74, 6) is 0.709. The number of nitrogens with two attached hydrogens (primary N) is 1. The second-order valence-corrected chi connectivity index (χ2v) is 4.38. The summed E-state index contributed by atoms with van der Waals surface area (Å²) >= 11 is 0. The predicted molar refractivity (Wildman–Crippen MR) is 61.8 cm³/mol. The van der Waals surface area contributed by atoms with Crippen LogP contribution < -0.4 is 5.73 Å². The van der Waals surface area contributed by atoms with Crippen molar-refractivity contribution in [2.24, 2.45) is 11.7 Å². The normalized spacial score (nSPS) is 20.1. The Labute approximate surface area is 95.5 Å². The van der Waals surface area contributed by atoms with Gasteiger partial charge in [-0.1, -0.05) is 6.92 Å². The van der Waals surface area contributed by atoms with E-state index in [-0.39, 0.29) is 5.91 Å². The molecule has 4 nitrogen and oxygen atoms in total. The molecule has 1 amide bonds. The van der Waals surface area contributed by atoms with Crippen LogP contribution in [0.5, 0.6) is 0 Å². The Morgan fingerprint density at radius 2 is 2.50 bits per heavy atom. The Kier molecular flexibility index (Phi) is 3.19. The predicted octanol–water partition coefficient (Wildman–Crippen LogP) is 1.02. The highest BCUT2D eigenvalue weighted by Gasteiger charge is 2.24. The van der Waals surface area contributed by atoms with Gasteiger partial charge in [0.25, 0.3) is 5.91 Å². The van der Waals surface area contributed by atoms with Crippen LogP contribution in [0.4, 0.5) is 0 Å². The Morgan fingerprint density at radius 3 is 3.12 bits per heavy atom. The van der Waals surface area contributed by atoms with Crippen LogP contribution in [0.1, 0.15) is 29.4 Å². The van der Waals surface area contributed by atoms with Crippen LogP contribution in [0.15, 0.2) is 18.3 Å². The van der Waals surface area contributed by atoms with Crippen LogP contribution in [0.3, 0.4) is 0 Å². The van der Waals surface area contributed by atoms with Gasteiger partial charge in [-0.05, 0) is 24.5 Å². The molecule has 0 aromatic carbocycles. The minimum Gasteiger partial charge on any atom is -0.338 e. The minimum absolute atomic E-state index is 0.0986. The first-order chi connectivity index (χ1) is 7.70. The van der Waals surface area contributed by atoms with Crippen molar-refractivity contribution in [3.05, 3.63) is 29.6 Å². The third-order valence-electron chi connectivity index (χ3n) is 2.98. The van der Waals surface area contributed by atoms with Gasteiger partial charge in [0.15, 0.2) is 0 Å². The maximum Gasteiger partial charge on any atom is 0.253 e. The van der Waals surface area contributed by atoms with Gasteiger partial charge in [-0.15, -0.1) is 0 Å². The van der Waals surface area contributed by atoms with Crippen molar-refractivity contribution in [1.29, 1.82) is 0 Å². The summed E-state index contributed by atoms with van der Waals surface area (Å²) in [4.78, 5) is 18.1. The largest absolute Gasteiger partial charge is 0.338 e. The van der Waals surface area contributed by atoms with Gasteiger partial charge in [0, 0.05) is 31.4 Å². The van der Waals surface area contributed by atoms with E-state index in [9.17, 15) is 4.79 Å². The first-order valence-electron chi connectivity index (χ1n) is 5.65. The lowest BCUT2D eigenvalue weighted by Gasteiger charge is -2.15. The molecule has 2 N–H and O–H groups in total. The molecule has 1 saturated heterocycles. The smallest absolute Gasteiger partial charge is 0.253 e. The molecule has 86 valence electrons. The van der Waals surface area contributed by atoms with Gasteiger partial charge >= 0.3 is 0 Å². The van der Waals surface area contributed by atoms with E-state index in [1.165, 1.54) is 0 Å². The SMILES string of the molecule is CC1CCN(C(=O)c2ccnc(CN)c2)C1. The van der Waals surface area contributed by atoms with Gasteiger partial charge < -0.3 is 10.6 Å². The van der Waals surface area contributed by atoms with Gasteiger partial charge in [-0.2, -0.15) is 0 Å². The summed E-state index contributed by atoms with van der Waals surface area (Å²) in [6.45, 7) is 4.27. The topological polar surface area (TPSA) is 59.2 Å². The zero-order valence-corrected chi connectivity index (χ0v) is 9.52. The van der Waals surface area contributed by atoms with E-state index in [0.717, 1.165) is 25.2 Å². The number of carbonyl (C=O) groups excluding carboxylic acids is 1. The second kappa shape index (κ2) is 4.61. The molecule has 0 aliphatic carbocycles. The van der Waals surface area contributed by atoms with Crippen molar-refractivity contribution in [1.82, 2.24) is 9.88 Å². The monoisotopic (exact) mass is 219 g/mol. The van der Waals surface area contributed by atoms with Crippen LogP contribution in [-0.4, -0.2) is 28.9 Å². The number of likely N-dealkylation sites (tertiary alicyclic amines) is 1. The van der Waals surface area contributed by atoms with Crippen molar-refractivity contribution in [3.63, 3.8) is 0 Å². The van der Waals surface area contributed by atoms with E-state index in [4.69, 9.17) is 5.73 Å². The van der Waals surface area contributed by atoms with Crippen LogP contribution in [0, 0.1) is 5.92 Å². The van der Waals surface area contributed by atoms with Gasteiger partial charge in [0.2, 0.25) is 0 Å². The number of amides is 1. The fourth-order valence-electron chi connectivity index (χ4n) is 2.02. The van der Waals surface area contributed by atoms with Crippen molar-refractivity contribution in [2.45, 2.75) is 19.9 Å². The fourth-order valence-corrected chi connectivity index (χ4v) is 2.02. The Bertz CT molecular complexity index is 392. The van der Waals surface area contributed by atoms with Crippen molar-refractivity contribution >= 4 is 5.91 Å². The summed E-state index contributed by atoms with van der Waals surface area (Å²) in [5.41, 5.74) is 6.97. The molecular weight excluding hydrogens is 202 g/mol. The first-order valence-corrected chi connectivity index (χ1v) is 5.65. The van der Waals surface area contributed by atoms with E-state index in [2.05, 4.69) is 11.9 Å². The van der Waals surface area contributed by atoms with Crippen LogP contribution in [0.25, 0.3) is 0 Å².